The first-order chi connectivity index (χ1) is 11.2. The number of carbonyl (C=O) groups excluding carboxylic acids is 1. The van der Waals surface area contributed by atoms with Crippen molar-refractivity contribution in [3.05, 3.63) is 12.7 Å². The number of hydrogen-bond donors (Lipinski definition) is 0. The van der Waals surface area contributed by atoms with Crippen LogP contribution in [0, 0.1) is 5.92 Å². The van der Waals surface area contributed by atoms with Crippen LogP contribution in [-0.2, 0) is 11.3 Å². The summed E-state index contributed by atoms with van der Waals surface area (Å²) in [5.41, 5.74) is 0. The predicted octanol–water partition coefficient (Wildman–Crippen LogP) is 1.78. The van der Waals surface area contributed by atoms with Gasteiger partial charge >= 0.3 is 0 Å². The molecule has 1 aliphatic heterocycles. The zero-order chi connectivity index (χ0) is 16.1. The second-order valence-corrected chi connectivity index (χ2v) is 7.03. The molecule has 1 aliphatic carbocycles. The fraction of sp³-hybridized carbons (Fsp3) is 0.824. The monoisotopic (exact) mass is 319 g/mol. The normalized spacial score (nSPS) is 22.7. The van der Waals surface area contributed by atoms with Crippen LogP contribution < -0.4 is 0 Å². The van der Waals surface area contributed by atoms with E-state index in [0.29, 0.717) is 6.54 Å². The van der Waals surface area contributed by atoms with Crippen LogP contribution >= 0.6 is 0 Å². The summed E-state index contributed by atoms with van der Waals surface area (Å²) >= 11 is 0. The van der Waals surface area contributed by atoms with E-state index in [1.54, 1.807) is 11.0 Å². The molecule has 1 aromatic heterocycles. The van der Waals surface area contributed by atoms with Crippen molar-refractivity contribution in [3.8, 4) is 0 Å². The first kappa shape index (κ1) is 16.4. The molecular formula is C17H29N5O. The first-order valence-electron chi connectivity index (χ1n) is 9.09. The molecule has 1 saturated carbocycles. The van der Waals surface area contributed by atoms with Gasteiger partial charge in [0.15, 0.2) is 0 Å². The Hall–Kier alpha value is -1.43. The third-order valence-electron chi connectivity index (χ3n) is 5.28. The maximum absolute atomic E-state index is 12.7. The van der Waals surface area contributed by atoms with E-state index in [1.165, 1.54) is 38.4 Å². The van der Waals surface area contributed by atoms with E-state index in [4.69, 9.17) is 0 Å². The third kappa shape index (κ3) is 4.31. The van der Waals surface area contributed by atoms with Crippen molar-refractivity contribution in [2.75, 3.05) is 26.2 Å². The summed E-state index contributed by atoms with van der Waals surface area (Å²) in [7, 11) is 0. The lowest BCUT2D eigenvalue weighted by Gasteiger charge is -2.33. The van der Waals surface area contributed by atoms with Gasteiger partial charge in [0.05, 0.1) is 12.5 Å². The van der Waals surface area contributed by atoms with Gasteiger partial charge < -0.3 is 4.90 Å². The van der Waals surface area contributed by atoms with Crippen LogP contribution in [0.3, 0.4) is 0 Å². The Morgan fingerprint density at radius 3 is 2.70 bits per heavy atom. The fourth-order valence-electron chi connectivity index (χ4n) is 3.97. The van der Waals surface area contributed by atoms with Crippen molar-refractivity contribution in [3.63, 3.8) is 0 Å². The maximum Gasteiger partial charge on any atom is 0.227 e. The van der Waals surface area contributed by atoms with Crippen LogP contribution in [-0.4, -0.2) is 62.7 Å². The summed E-state index contributed by atoms with van der Waals surface area (Å²) in [6, 6.07) is 0.756. The van der Waals surface area contributed by atoms with E-state index in [2.05, 4.69) is 19.9 Å². The van der Waals surface area contributed by atoms with Crippen molar-refractivity contribution in [2.45, 2.75) is 58.0 Å². The van der Waals surface area contributed by atoms with Crippen LogP contribution in [0.15, 0.2) is 12.7 Å². The highest BCUT2D eigenvalue weighted by Crippen LogP contribution is 2.23. The van der Waals surface area contributed by atoms with Crippen molar-refractivity contribution in [1.29, 1.82) is 0 Å². The topological polar surface area (TPSA) is 54.3 Å². The van der Waals surface area contributed by atoms with E-state index in [9.17, 15) is 4.79 Å². The summed E-state index contributed by atoms with van der Waals surface area (Å²) in [5, 5.41) is 4.10. The molecule has 23 heavy (non-hydrogen) atoms. The van der Waals surface area contributed by atoms with E-state index in [-0.39, 0.29) is 11.8 Å². The van der Waals surface area contributed by atoms with Gasteiger partial charge in [-0.2, -0.15) is 5.10 Å². The van der Waals surface area contributed by atoms with Crippen molar-refractivity contribution in [2.24, 2.45) is 5.92 Å². The quantitative estimate of drug-likeness (QED) is 0.849. The highest BCUT2D eigenvalue weighted by Gasteiger charge is 2.27. The largest absolute Gasteiger partial charge is 0.341 e. The molecular weight excluding hydrogens is 290 g/mol. The van der Waals surface area contributed by atoms with Gasteiger partial charge in [0.1, 0.15) is 12.7 Å². The Morgan fingerprint density at radius 1 is 1.13 bits per heavy atom. The molecule has 1 saturated heterocycles. The Kier molecular flexibility index (Phi) is 5.65. The molecule has 0 spiro atoms. The average molecular weight is 319 g/mol. The van der Waals surface area contributed by atoms with Crippen molar-refractivity contribution in [1.82, 2.24) is 24.6 Å². The number of amides is 1. The van der Waals surface area contributed by atoms with Gasteiger partial charge in [-0.05, 0) is 19.3 Å². The molecule has 2 fully saturated rings. The second-order valence-electron chi connectivity index (χ2n) is 7.03. The highest BCUT2D eigenvalue weighted by molar-refractivity contribution is 5.78. The molecule has 1 atom stereocenters. The van der Waals surface area contributed by atoms with Gasteiger partial charge in [0.2, 0.25) is 5.91 Å². The van der Waals surface area contributed by atoms with E-state index in [1.807, 2.05) is 6.92 Å². The molecule has 0 radical (unpaired) electrons. The second kappa shape index (κ2) is 7.90. The first-order valence-corrected chi connectivity index (χ1v) is 9.09. The van der Waals surface area contributed by atoms with Gasteiger partial charge in [-0.25, -0.2) is 4.98 Å². The lowest BCUT2D eigenvalue weighted by Crippen LogP contribution is -2.42. The number of hydrogen-bond acceptors (Lipinski definition) is 4. The fourth-order valence-corrected chi connectivity index (χ4v) is 3.97. The minimum Gasteiger partial charge on any atom is -0.341 e. The van der Waals surface area contributed by atoms with Crippen LogP contribution in [0.25, 0.3) is 0 Å². The summed E-state index contributed by atoms with van der Waals surface area (Å²) in [4.78, 5) is 21.3. The summed E-state index contributed by atoms with van der Waals surface area (Å²) in [5.74, 6) is 0.212. The lowest BCUT2D eigenvalue weighted by atomic mass is 9.94. The summed E-state index contributed by atoms with van der Waals surface area (Å²) < 4.78 is 1.74. The third-order valence-corrected chi connectivity index (χ3v) is 5.28. The molecule has 1 amide bonds. The predicted molar refractivity (Wildman–Crippen MR) is 88.8 cm³/mol. The zero-order valence-corrected chi connectivity index (χ0v) is 14.2. The summed E-state index contributed by atoms with van der Waals surface area (Å²) in [6.07, 6.45) is 11.1. The van der Waals surface area contributed by atoms with Gasteiger partial charge in [0, 0.05) is 32.2 Å². The Labute approximate surface area is 138 Å². The van der Waals surface area contributed by atoms with Crippen LogP contribution in [0.5, 0.6) is 0 Å². The minimum atomic E-state index is -0.0436. The molecule has 0 unspecified atom stereocenters. The average Bonchev–Trinajstić information content (AvgIpc) is 2.96. The number of nitrogens with zero attached hydrogens (tertiary/aromatic N) is 5. The van der Waals surface area contributed by atoms with Crippen molar-refractivity contribution < 1.29 is 4.79 Å². The van der Waals surface area contributed by atoms with E-state index >= 15 is 0 Å². The van der Waals surface area contributed by atoms with Gasteiger partial charge in [0.25, 0.3) is 0 Å². The highest BCUT2D eigenvalue weighted by atomic mass is 16.2. The molecule has 6 heteroatoms. The van der Waals surface area contributed by atoms with Gasteiger partial charge in [-0.15, -0.1) is 0 Å². The Morgan fingerprint density at radius 2 is 1.96 bits per heavy atom. The molecule has 6 nitrogen and oxygen atoms in total. The number of rotatable bonds is 4. The smallest absolute Gasteiger partial charge is 0.227 e. The standard InChI is InChI=1S/C17H29N5O/c1-15(12-22-14-18-13-19-22)17(23)21-9-5-8-20(10-11-21)16-6-3-2-4-7-16/h13-16H,2-12H2,1H3/t15-/m0/s1. The molecule has 0 aromatic carbocycles. The molecule has 1 aromatic rings. The molecule has 0 N–H and O–H groups in total. The number of aromatic nitrogens is 3. The van der Waals surface area contributed by atoms with Gasteiger partial charge in [-0.1, -0.05) is 26.2 Å². The lowest BCUT2D eigenvalue weighted by molar-refractivity contribution is -0.135. The SMILES string of the molecule is C[C@@H](Cn1cncn1)C(=O)N1CCCN(C2CCCCC2)CC1. The Balaban J connectivity index is 1.51. The molecule has 3 rings (SSSR count). The molecule has 0 bridgehead atoms. The molecule has 128 valence electrons. The van der Waals surface area contributed by atoms with E-state index < -0.39 is 0 Å². The zero-order valence-electron chi connectivity index (χ0n) is 14.2. The maximum atomic E-state index is 12.7. The van der Waals surface area contributed by atoms with Crippen molar-refractivity contribution >= 4 is 5.91 Å². The minimum absolute atomic E-state index is 0.0436. The summed E-state index contributed by atoms with van der Waals surface area (Å²) in [6.45, 7) is 6.55. The van der Waals surface area contributed by atoms with E-state index in [0.717, 1.165) is 38.6 Å². The number of carbonyl (C=O) groups is 1. The molecule has 2 aliphatic rings. The van der Waals surface area contributed by atoms with Crippen LogP contribution in [0.4, 0.5) is 0 Å². The van der Waals surface area contributed by atoms with Crippen LogP contribution in [0.2, 0.25) is 0 Å². The van der Waals surface area contributed by atoms with Crippen LogP contribution in [0.1, 0.15) is 45.4 Å². The molecule has 2 heterocycles. The Bertz CT molecular complexity index is 483. The van der Waals surface area contributed by atoms with Gasteiger partial charge in [-0.3, -0.25) is 14.4 Å².